The van der Waals surface area contributed by atoms with E-state index in [4.69, 9.17) is 21.1 Å². The smallest absolute Gasteiger partial charge is 0.338 e. The van der Waals surface area contributed by atoms with E-state index in [-0.39, 0.29) is 28.1 Å². The largest absolute Gasteiger partial charge is 0.452 e. The van der Waals surface area contributed by atoms with Crippen molar-refractivity contribution >= 4 is 33.5 Å². The maximum Gasteiger partial charge on any atom is 0.338 e. The van der Waals surface area contributed by atoms with Gasteiger partial charge in [-0.1, -0.05) is 18.5 Å². The van der Waals surface area contributed by atoms with E-state index >= 15 is 0 Å². The van der Waals surface area contributed by atoms with Gasteiger partial charge in [0.05, 0.1) is 16.7 Å². The highest BCUT2D eigenvalue weighted by Crippen LogP contribution is 2.23. The molecule has 0 spiro atoms. The minimum atomic E-state index is -3.93. The standard InChI is InChI=1S/C17H23ClN2O6S/c1-2-7-19-16(21)11-26-17(22)12-5-6-14(18)15(9-12)27(23,24)20-10-13-4-3-8-25-13/h5-6,9,13,20H,2-4,7-8,10-11H2,1H3,(H,19,21)/t13-/m1/s1. The van der Waals surface area contributed by atoms with Crippen LogP contribution in [0.1, 0.15) is 36.5 Å². The van der Waals surface area contributed by atoms with Gasteiger partial charge < -0.3 is 14.8 Å². The molecule has 0 aliphatic carbocycles. The lowest BCUT2D eigenvalue weighted by molar-refractivity contribution is -0.124. The highest BCUT2D eigenvalue weighted by Gasteiger charge is 2.23. The molecule has 0 aromatic heterocycles. The van der Waals surface area contributed by atoms with E-state index in [0.717, 1.165) is 25.3 Å². The predicted octanol–water partition coefficient (Wildman–Crippen LogP) is 1.48. The van der Waals surface area contributed by atoms with Crippen molar-refractivity contribution in [2.75, 3.05) is 26.3 Å². The van der Waals surface area contributed by atoms with Crippen molar-refractivity contribution in [3.05, 3.63) is 28.8 Å². The number of hydrogen-bond donors (Lipinski definition) is 2. The van der Waals surface area contributed by atoms with Crippen molar-refractivity contribution < 1.29 is 27.5 Å². The van der Waals surface area contributed by atoms with Crippen molar-refractivity contribution in [3.63, 3.8) is 0 Å². The fourth-order valence-electron chi connectivity index (χ4n) is 2.45. The number of esters is 1. The number of sulfonamides is 1. The summed E-state index contributed by atoms with van der Waals surface area (Å²) in [6.07, 6.45) is 2.26. The minimum Gasteiger partial charge on any atom is -0.452 e. The first kappa shape index (κ1) is 21.6. The summed E-state index contributed by atoms with van der Waals surface area (Å²) < 4.78 is 37.7. The topological polar surface area (TPSA) is 111 Å². The average molecular weight is 419 g/mol. The first-order valence-corrected chi connectivity index (χ1v) is 10.5. The van der Waals surface area contributed by atoms with Gasteiger partial charge in [0.25, 0.3) is 5.91 Å². The molecule has 1 aromatic carbocycles. The minimum absolute atomic E-state index is 0.0137. The molecule has 1 aromatic rings. The lowest BCUT2D eigenvalue weighted by Gasteiger charge is -2.13. The Morgan fingerprint density at radius 1 is 1.37 bits per heavy atom. The third-order valence-electron chi connectivity index (χ3n) is 3.89. The molecule has 8 nitrogen and oxygen atoms in total. The molecule has 10 heteroatoms. The molecule has 1 aliphatic heterocycles. The molecule has 2 N–H and O–H groups in total. The Morgan fingerprint density at radius 2 is 2.15 bits per heavy atom. The molecule has 2 rings (SSSR count). The fourth-order valence-corrected chi connectivity index (χ4v) is 4.04. The quantitative estimate of drug-likeness (QED) is 0.587. The molecular formula is C17H23ClN2O6S. The Balaban J connectivity index is 2.03. The summed E-state index contributed by atoms with van der Waals surface area (Å²) in [6.45, 7) is 2.68. The molecule has 1 amide bonds. The van der Waals surface area contributed by atoms with E-state index in [1.165, 1.54) is 12.1 Å². The van der Waals surface area contributed by atoms with E-state index in [2.05, 4.69) is 10.0 Å². The van der Waals surface area contributed by atoms with E-state index in [9.17, 15) is 18.0 Å². The summed E-state index contributed by atoms with van der Waals surface area (Å²) in [5.41, 5.74) is -0.0137. The molecule has 0 bridgehead atoms. The molecule has 27 heavy (non-hydrogen) atoms. The van der Waals surface area contributed by atoms with Gasteiger partial charge in [-0.15, -0.1) is 0 Å². The number of amides is 1. The first-order valence-electron chi connectivity index (χ1n) is 8.68. The molecule has 1 saturated heterocycles. The maximum atomic E-state index is 12.5. The van der Waals surface area contributed by atoms with Crippen LogP contribution in [-0.4, -0.2) is 52.7 Å². The summed E-state index contributed by atoms with van der Waals surface area (Å²) in [4.78, 5) is 23.4. The van der Waals surface area contributed by atoms with Crippen LogP contribution in [0.25, 0.3) is 0 Å². The lowest BCUT2D eigenvalue weighted by atomic mass is 10.2. The highest BCUT2D eigenvalue weighted by molar-refractivity contribution is 7.89. The van der Waals surface area contributed by atoms with Crippen molar-refractivity contribution in [2.45, 2.75) is 37.2 Å². The zero-order chi connectivity index (χ0) is 19.9. The Labute approximate surface area is 163 Å². The Hall–Kier alpha value is -1.68. The van der Waals surface area contributed by atoms with Crippen LogP contribution in [-0.2, 0) is 24.3 Å². The van der Waals surface area contributed by atoms with Gasteiger partial charge in [-0.2, -0.15) is 0 Å². The van der Waals surface area contributed by atoms with Crippen LogP contribution >= 0.6 is 11.6 Å². The highest BCUT2D eigenvalue weighted by atomic mass is 35.5. The molecule has 1 fully saturated rings. The van der Waals surface area contributed by atoms with Crippen LogP contribution in [0.2, 0.25) is 5.02 Å². The Kier molecular flexibility index (Phi) is 8.03. The number of carbonyl (C=O) groups is 2. The van der Waals surface area contributed by atoms with Crippen molar-refractivity contribution in [1.82, 2.24) is 10.0 Å². The zero-order valence-corrected chi connectivity index (χ0v) is 16.6. The van der Waals surface area contributed by atoms with Crippen molar-refractivity contribution in [1.29, 1.82) is 0 Å². The number of ether oxygens (including phenoxy) is 2. The van der Waals surface area contributed by atoms with Gasteiger partial charge in [0.2, 0.25) is 10.0 Å². The van der Waals surface area contributed by atoms with Gasteiger partial charge in [0.1, 0.15) is 4.90 Å². The van der Waals surface area contributed by atoms with Gasteiger partial charge in [0.15, 0.2) is 6.61 Å². The zero-order valence-electron chi connectivity index (χ0n) is 15.0. The predicted molar refractivity (Wildman–Crippen MR) is 99.2 cm³/mol. The molecule has 1 atom stereocenters. The first-order chi connectivity index (χ1) is 12.8. The second-order valence-electron chi connectivity index (χ2n) is 6.06. The Morgan fingerprint density at radius 3 is 2.81 bits per heavy atom. The lowest BCUT2D eigenvalue weighted by Crippen LogP contribution is -2.32. The molecule has 0 radical (unpaired) electrons. The molecule has 0 saturated carbocycles. The third-order valence-corrected chi connectivity index (χ3v) is 5.79. The van der Waals surface area contributed by atoms with Crippen LogP contribution in [0, 0.1) is 0 Å². The second-order valence-corrected chi connectivity index (χ2v) is 8.20. The number of hydrogen-bond acceptors (Lipinski definition) is 6. The number of nitrogens with one attached hydrogen (secondary N) is 2. The van der Waals surface area contributed by atoms with Crippen LogP contribution in [0.3, 0.4) is 0 Å². The van der Waals surface area contributed by atoms with E-state index in [1.54, 1.807) is 0 Å². The van der Waals surface area contributed by atoms with Crippen LogP contribution in [0.5, 0.6) is 0 Å². The number of rotatable bonds is 9. The summed E-state index contributed by atoms with van der Waals surface area (Å²) in [6, 6.07) is 3.77. The number of halogens is 1. The summed E-state index contributed by atoms with van der Waals surface area (Å²) in [5, 5.41) is 2.55. The van der Waals surface area contributed by atoms with E-state index in [1.807, 2.05) is 6.92 Å². The molecule has 1 heterocycles. The molecule has 0 unspecified atom stereocenters. The van der Waals surface area contributed by atoms with Crippen molar-refractivity contribution in [2.24, 2.45) is 0 Å². The molecular weight excluding hydrogens is 396 g/mol. The second kappa shape index (κ2) is 10.0. The van der Waals surface area contributed by atoms with Crippen LogP contribution in [0.15, 0.2) is 23.1 Å². The van der Waals surface area contributed by atoms with Gasteiger partial charge in [-0.25, -0.2) is 17.9 Å². The van der Waals surface area contributed by atoms with E-state index in [0.29, 0.717) is 13.2 Å². The van der Waals surface area contributed by atoms with Gasteiger partial charge >= 0.3 is 5.97 Å². The fraction of sp³-hybridized carbons (Fsp3) is 0.529. The van der Waals surface area contributed by atoms with Gasteiger partial charge in [-0.3, -0.25) is 4.79 Å². The maximum absolute atomic E-state index is 12.5. The van der Waals surface area contributed by atoms with Crippen LogP contribution < -0.4 is 10.0 Å². The summed E-state index contributed by atoms with van der Waals surface area (Å²) in [5.74, 6) is -1.24. The number of carbonyl (C=O) groups excluding carboxylic acids is 2. The Bertz CT molecular complexity index is 778. The van der Waals surface area contributed by atoms with Crippen LogP contribution in [0.4, 0.5) is 0 Å². The third kappa shape index (κ3) is 6.46. The average Bonchev–Trinajstić information content (AvgIpc) is 3.16. The summed E-state index contributed by atoms with van der Waals surface area (Å²) in [7, 11) is -3.93. The molecule has 150 valence electrons. The van der Waals surface area contributed by atoms with Crippen molar-refractivity contribution in [3.8, 4) is 0 Å². The summed E-state index contributed by atoms with van der Waals surface area (Å²) >= 11 is 6.00. The SMILES string of the molecule is CCCNC(=O)COC(=O)c1ccc(Cl)c(S(=O)(=O)NC[C@H]2CCCO2)c1. The normalized spacial score (nSPS) is 16.9. The molecule has 1 aliphatic rings. The van der Waals surface area contributed by atoms with Gasteiger partial charge in [-0.05, 0) is 37.5 Å². The van der Waals surface area contributed by atoms with E-state index < -0.39 is 28.5 Å². The van der Waals surface area contributed by atoms with Gasteiger partial charge in [0, 0.05) is 19.7 Å². The number of benzene rings is 1. The monoisotopic (exact) mass is 418 g/mol.